The van der Waals surface area contributed by atoms with Crippen molar-refractivity contribution in [2.75, 3.05) is 19.3 Å². The molecule has 5 rings (SSSR count). The van der Waals surface area contributed by atoms with Crippen molar-refractivity contribution in [2.45, 2.75) is 64.0 Å². The molecule has 9 heteroatoms. The number of H-pyrrole nitrogens is 1. The predicted molar refractivity (Wildman–Crippen MR) is 111 cm³/mol. The molecule has 30 heavy (non-hydrogen) atoms. The maximum absolute atomic E-state index is 13.4. The van der Waals surface area contributed by atoms with Crippen LogP contribution in [-0.2, 0) is 27.8 Å². The van der Waals surface area contributed by atoms with Gasteiger partial charge in [0.25, 0.3) is 5.56 Å². The van der Waals surface area contributed by atoms with Gasteiger partial charge in [0.2, 0.25) is 15.9 Å². The molecule has 2 saturated carbocycles. The summed E-state index contributed by atoms with van der Waals surface area (Å²) in [6.45, 7) is 1.13. The minimum absolute atomic E-state index is 0.124. The van der Waals surface area contributed by atoms with E-state index in [0.717, 1.165) is 32.1 Å². The van der Waals surface area contributed by atoms with Crippen molar-refractivity contribution in [2.24, 2.45) is 17.8 Å². The zero-order chi connectivity index (χ0) is 21.0. The third-order valence-electron chi connectivity index (χ3n) is 7.57. The summed E-state index contributed by atoms with van der Waals surface area (Å²) in [5, 5.41) is 0. The Balaban J connectivity index is 1.43. The van der Waals surface area contributed by atoms with E-state index in [4.69, 9.17) is 4.98 Å². The number of aromatic nitrogens is 2. The first-order valence-corrected chi connectivity index (χ1v) is 13.1. The van der Waals surface area contributed by atoms with Crippen LogP contribution >= 0.6 is 0 Å². The van der Waals surface area contributed by atoms with Crippen LogP contribution in [-0.4, -0.2) is 52.8 Å². The summed E-state index contributed by atoms with van der Waals surface area (Å²) in [6.07, 6.45) is 9.07. The number of sulfonamides is 1. The first kappa shape index (κ1) is 20.2. The Morgan fingerprint density at radius 1 is 1.07 bits per heavy atom. The molecule has 1 aromatic heterocycles. The lowest BCUT2D eigenvalue weighted by atomic mass is 9.99. The van der Waals surface area contributed by atoms with Gasteiger partial charge in [-0.2, -0.15) is 4.31 Å². The first-order chi connectivity index (χ1) is 14.3. The first-order valence-electron chi connectivity index (χ1n) is 11.2. The van der Waals surface area contributed by atoms with E-state index in [1.165, 1.54) is 23.4 Å². The van der Waals surface area contributed by atoms with Gasteiger partial charge in [-0.05, 0) is 50.4 Å². The van der Waals surface area contributed by atoms with Crippen LogP contribution in [0.25, 0.3) is 0 Å². The maximum Gasteiger partial charge on any atom is 0.254 e. The summed E-state index contributed by atoms with van der Waals surface area (Å²) >= 11 is 0. The number of carbonyl (C=O) groups excluding carboxylic acids is 1. The molecular weight excluding hydrogens is 404 g/mol. The fraction of sp³-hybridized carbons (Fsp3) is 0.762. The standard InChI is InChI=1S/C21H30N4O4S/c1-30(28,29)24-11-9-15-16(12-24)22-19(23-20(15)26)17-8-4-5-10-25(17)21(27)18-13-6-2-3-7-14(13)18/h13-14,17-18H,2-12H2,1H3,(H,22,23,26)/t13-,14-,17+/m0/s1. The second kappa shape index (κ2) is 7.44. The lowest BCUT2D eigenvalue weighted by Gasteiger charge is -2.36. The van der Waals surface area contributed by atoms with E-state index < -0.39 is 10.0 Å². The molecule has 4 aliphatic rings. The monoisotopic (exact) mass is 434 g/mol. The zero-order valence-electron chi connectivity index (χ0n) is 17.5. The molecule has 1 aromatic rings. The van der Waals surface area contributed by atoms with Crippen LogP contribution in [0, 0.1) is 17.8 Å². The Kier molecular flexibility index (Phi) is 5.01. The number of likely N-dealkylation sites (tertiary alicyclic amines) is 1. The molecule has 0 aromatic carbocycles. The Bertz CT molecular complexity index is 1010. The molecule has 0 spiro atoms. The molecule has 3 fully saturated rings. The molecule has 0 bridgehead atoms. The second-order valence-electron chi connectivity index (χ2n) is 9.40. The van der Waals surface area contributed by atoms with Gasteiger partial charge >= 0.3 is 0 Å². The van der Waals surface area contributed by atoms with Crippen molar-refractivity contribution in [3.63, 3.8) is 0 Å². The van der Waals surface area contributed by atoms with Gasteiger partial charge in [0, 0.05) is 24.6 Å². The van der Waals surface area contributed by atoms with Crippen LogP contribution in [0.3, 0.4) is 0 Å². The van der Waals surface area contributed by atoms with Crippen molar-refractivity contribution < 1.29 is 13.2 Å². The average molecular weight is 435 g/mol. The molecule has 8 nitrogen and oxygen atoms in total. The van der Waals surface area contributed by atoms with Crippen LogP contribution < -0.4 is 5.56 Å². The Hall–Kier alpha value is -1.74. The number of aromatic amines is 1. The topological polar surface area (TPSA) is 103 Å². The van der Waals surface area contributed by atoms with Crippen LogP contribution in [0.5, 0.6) is 0 Å². The van der Waals surface area contributed by atoms with Crippen molar-refractivity contribution in [3.05, 3.63) is 27.4 Å². The summed E-state index contributed by atoms with van der Waals surface area (Å²) < 4.78 is 25.3. The molecule has 164 valence electrons. The van der Waals surface area contributed by atoms with Gasteiger partial charge in [-0.3, -0.25) is 9.59 Å². The molecule has 2 aliphatic heterocycles. The highest BCUT2D eigenvalue weighted by Gasteiger charge is 2.56. The fourth-order valence-electron chi connectivity index (χ4n) is 5.91. The van der Waals surface area contributed by atoms with Crippen molar-refractivity contribution >= 4 is 15.9 Å². The van der Waals surface area contributed by atoms with Crippen LogP contribution in [0.4, 0.5) is 0 Å². The largest absolute Gasteiger partial charge is 0.332 e. The number of hydrogen-bond donors (Lipinski definition) is 1. The number of nitrogens with one attached hydrogen (secondary N) is 1. The molecule has 0 radical (unpaired) electrons. The van der Waals surface area contributed by atoms with Crippen molar-refractivity contribution in [3.8, 4) is 0 Å². The number of hydrogen-bond acceptors (Lipinski definition) is 5. The Morgan fingerprint density at radius 3 is 2.47 bits per heavy atom. The third kappa shape index (κ3) is 3.49. The number of piperidine rings is 1. The summed E-state index contributed by atoms with van der Waals surface area (Å²) in [7, 11) is -3.34. The minimum atomic E-state index is -3.34. The minimum Gasteiger partial charge on any atom is -0.332 e. The van der Waals surface area contributed by atoms with E-state index >= 15 is 0 Å². The number of fused-ring (bicyclic) bond motifs is 2. The number of amides is 1. The molecule has 0 unspecified atom stereocenters. The van der Waals surface area contributed by atoms with E-state index in [1.54, 1.807) is 0 Å². The second-order valence-corrected chi connectivity index (χ2v) is 11.4. The summed E-state index contributed by atoms with van der Waals surface area (Å²) in [5.74, 6) is 2.00. The highest BCUT2D eigenvalue weighted by atomic mass is 32.2. The highest BCUT2D eigenvalue weighted by Crippen LogP contribution is 2.56. The molecule has 3 heterocycles. The Morgan fingerprint density at radius 2 is 1.77 bits per heavy atom. The maximum atomic E-state index is 13.4. The van der Waals surface area contributed by atoms with E-state index in [9.17, 15) is 18.0 Å². The van der Waals surface area contributed by atoms with Gasteiger partial charge in [-0.15, -0.1) is 0 Å². The van der Waals surface area contributed by atoms with E-state index in [1.807, 2.05) is 4.90 Å². The highest BCUT2D eigenvalue weighted by molar-refractivity contribution is 7.88. The number of nitrogens with zero attached hydrogens (tertiary/aromatic N) is 3. The van der Waals surface area contributed by atoms with Crippen LogP contribution in [0.1, 0.15) is 68.1 Å². The van der Waals surface area contributed by atoms with Gasteiger partial charge < -0.3 is 9.88 Å². The average Bonchev–Trinajstić information content (AvgIpc) is 3.46. The van der Waals surface area contributed by atoms with Crippen LogP contribution in [0.15, 0.2) is 4.79 Å². The predicted octanol–water partition coefficient (Wildman–Crippen LogP) is 1.58. The molecular formula is C21H30N4O4S. The lowest BCUT2D eigenvalue weighted by molar-refractivity contribution is -0.137. The van der Waals surface area contributed by atoms with Gasteiger partial charge in [0.1, 0.15) is 5.82 Å². The van der Waals surface area contributed by atoms with Crippen molar-refractivity contribution in [1.82, 2.24) is 19.2 Å². The number of carbonyl (C=O) groups is 1. The molecule has 2 aliphatic carbocycles. The zero-order valence-corrected chi connectivity index (χ0v) is 18.3. The van der Waals surface area contributed by atoms with Gasteiger partial charge in [0.05, 0.1) is 24.5 Å². The molecule has 3 atom stereocenters. The summed E-state index contributed by atoms with van der Waals surface area (Å²) in [4.78, 5) is 35.7. The quantitative estimate of drug-likeness (QED) is 0.778. The van der Waals surface area contributed by atoms with Gasteiger partial charge in [-0.25, -0.2) is 13.4 Å². The Labute approximate surface area is 177 Å². The van der Waals surface area contributed by atoms with E-state index in [-0.39, 0.29) is 30.0 Å². The van der Waals surface area contributed by atoms with Gasteiger partial charge in [0.15, 0.2) is 0 Å². The van der Waals surface area contributed by atoms with Crippen molar-refractivity contribution in [1.29, 1.82) is 0 Å². The molecule has 1 N–H and O–H groups in total. The molecule has 1 saturated heterocycles. The SMILES string of the molecule is CS(=O)(=O)N1CCc2c(nc([C@H]3CCCCN3C(=O)C3[C@H]4CCCC[C@H]34)[nH]c2=O)C1. The normalized spacial score (nSPS) is 31.7. The lowest BCUT2D eigenvalue weighted by Crippen LogP contribution is -2.43. The van der Waals surface area contributed by atoms with E-state index in [2.05, 4.69) is 4.98 Å². The third-order valence-corrected chi connectivity index (χ3v) is 8.82. The smallest absolute Gasteiger partial charge is 0.254 e. The summed E-state index contributed by atoms with van der Waals surface area (Å²) in [6, 6.07) is -0.222. The van der Waals surface area contributed by atoms with Gasteiger partial charge in [-0.1, -0.05) is 12.8 Å². The molecule has 1 amide bonds. The fourth-order valence-corrected chi connectivity index (χ4v) is 6.69. The van der Waals surface area contributed by atoms with Crippen LogP contribution in [0.2, 0.25) is 0 Å². The van der Waals surface area contributed by atoms with E-state index in [0.29, 0.717) is 48.4 Å². The number of rotatable bonds is 3. The summed E-state index contributed by atoms with van der Waals surface area (Å²) in [5.41, 5.74) is 0.908.